The van der Waals surface area contributed by atoms with Gasteiger partial charge in [-0.3, -0.25) is 4.79 Å². The molecule has 84 valence electrons. The average Bonchev–Trinajstić information content (AvgIpc) is 2.82. The van der Waals surface area contributed by atoms with Crippen LogP contribution in [0.4, 0.5) is 0 Å². The van der Waals surface area contributed by atoms with Gasteiger partial charge in [0.15, 0.2) is 0 Å². The van der Waals surface area contributed by atoms with Gasteiger partial charge in [-0.1, -0.05) is 11.6 Å². The molecule has 0 unspecified atom stereocenters. The monoisotopic (exact) mass is 256 g/mol. The molecule has 0 amide bonds. The van der Waals surface area contributed by atoms with Crippen molar-refractivity contribution in [3.05, 3.63) is 28.5 Å². The summed E-state index contributed by atoms with van der Waals surface area (Å²) in [5.74, 6) is -0.815. The van der Waals surface area contributed by atoms with E-state index in [0.29, 0.717) is 10.8 Å². The second kappa shape index (κ2) is 4.67. The largest absolute Gasteiger partial charge is 0.481 e. The standard InChI is InChI=1S/C10H9ClN2O2S/c11-8-3-2-7(16-8)10-6(12-5-13-10)1-4-9(14)15/h2-3,5H,1,4H2,(H,12,13)(H,14,15). The number of carbonyl (C=O) groups is 1. The van der Waals surface area contributed by atoms with E-state index >= 15 is 0 Å². The van der Waals surface area contributed by atoms with Crippen molar-refractivity contribution in [2.24, 2.45) is 0 Å². The second-order valence-electron chi connectivity index (χ2n) is 3.23. The summed E-state index contributed by atoms with van der Waals surface area (Å²) in [6.07, 6.45) is 2.11. The predicted molar refractivity (Wildman–Crippen MR) is 62.9 cm³/mol. The first-order chi connectivity index (χ1) is 7.66. The summed E-state index contributed by atoms with van der Waals surface area (Å²) < 4.78 is 0.696. The molecule has 2 aromatic heterocycles. The number of hydrogen-bond donors (Lipinski definition) is 2. The van der Waals surface area contributed by atoms with Crippen LogP contribution < -0.4 is 0 Å². The van der Waals surface area contributed by atoms with Crippen LogP contribution >= 0.6 is 22.9 Å². The van der Waals surface area contributed by atoms with Crippen LogP contribution in [0, 0.1) is 0 Å². The zero-order valence-corrected chi connectivity index (χ0v) is 9.81. The maximum atomic E-state index is 10.5. The summed E-state index contributed by atoms with van der Waals surface area (Å²) in [6.45, 7) is 0. The minimum atomic E-state index is -0.815. The minimum absolute atomic E-state index is 0.0916. The molecule has 16 heavy (non-hydrogen) atoms. The smallest absolute Gasteiger partial charge is 0.303 e. The van der Waals surface area contributed by atoms with Gasteiger partial charge in [0.05, 0.1) is 22.0 Å². The topological polar surface area (TPSA) is 66.0 Å². The van der Waals surface area contributed by atoms with Crippen LogP contribution in [0.1, 0.15) is 12.1 Å². The van der Waals surface area contributed by atoms with Gasteiger partial charge in [-0.2, -0.15) is 0 Å². The summed E-state index contributed by atoms with van der Waals surface area (Å²) in [4.78, 5) is 18.6. The molecule has 4 nitrogen and oxygen atoms in total. The number of aryl methyl sites for hydroxylation is 1. The van der Waals surface area contributed by atoms with Crippen LogP contribution in [-0.2, 0) is 11.2 Å². The minimum Gasteiger partial charge on any atom is -0.481 e. The Kier molecular flexibility index (Phi) is 3.26. The number of halogens is 1. The van der Waals surface area contributed by atoms with Crippen molar-refractivity contribution in [3.8, 4) is 10.6 Å². The summed E-state index contributed by atoms with van der Waals surface area (Å²) in [7, 11) is 0. The molecule has 0 aliphatic rings. The van der Waals surface area contributed by atoms with Crippen molar-refractivity contribution < 1.29 is 9.90 Å². The highest BCUT2D eigenvalue weighted by atomic mass is 35.5. The molecule has 0 aliphatic heterocycles. The highest BCUT2D eigenvalue weighted by Gasteiger charge is 2.11. The number of thiophene rings is 1. The van der Waals surface area contributed by atoms with Gasteiger partial charge in [0, 0.05) is 12.1 Å². The molecule has 0 atom stereocenters. The predicted octanol–water partition coefficient (Wildman–Crippen LogP) is 2.81. The Morgan fingerprint density at radius 3 is 3.00 bits per heavy atom. The van der Waals surface area contributed by atoms with E-state index < -0.39 is 5.97 Å². The molecule has 0 aromatic carbocycles. The summed E-state index contributed by atoms with van der Waals surface area (Å²) in [6, 6.07) is 3.69. The molecule has 2 aromatic rings. The van der Waals surface area contributed by atoms with Crippen LogP contribution in [0.3, 0.4) is 0 Å². The van der Waals surface area contributed by atoms with Crippen LogP contribution in [0.25, 0.3) is 10.6 Å². The number of aliphatic carboxylic acids is 1. The first-order valence-electron chi connectivity index (χ1n) is 4.66. The van der Waals surface area contributed by atoms with Crippen molar-refractivity contribution in [2.45, 2.75) is 12.8 Å². The number of hydrogen-bond acceptors (Lipinski definition) is 3. The molecule has 2 N–H and O–H groups in total. The molecule has 0 radical (unpaired) electrons. The van der Waals surface area contributed by atoms with Crippen LogP contribution in [0.2, 0.25) is 4.34 Å². The Bertz CT molecular complexity index is 506. The van der Waals surface area contributed by atoms with Gasteiger partial charge < -0.3 is 10.1 Å². The van der Waals surface area contributed by atoms with Gasteiger partial charge in [0.2, 0.25) is 0 Å². The number of nitrogens with zero attached hydrogens (tertiary/aromatic N) is 1. The maximum absolute atomic E-state index is 10.5. The molecule has 0 bridgehead atoms. The molecule has 0 fully saturated rings. The number of H-pyrrole nitrogens is 1. The molecule has 2 rings (SSSR count). The van der Waals surface area contributed by atoms with Crippen LogP contribution in [-0.4, -0.2) is 21.0 Å². The molecule has 6 heteroatoms. The van der Waals surface area contributed by atoms with E-state index in [0.717, 1.165) is 16.3 Å². The van der Waals surface area contributed by atoms with Crippen molar-refractivity contribution in [1.29, 1.82) is 0 Å². The number of aromatic amines is 1. The first-order valence-corrected chi connectivity index (χ1v) is 5.86. The van der Waals surface area contributed by atoms with Gasteiger partial charge in [0.1, 0.15) is 5.69 Å². The molecular formula is C10H9ClN2O2S. The number of rotatable bonds is 4. The van der Waals surface area contributed by atoms with E-state index in [-0.39, 0.29) is 6.42 Å². The van der Waals surface area contributed by atoms with E-state index in [1.165, 1.54) is 11.3 Å². The zero-order valence-electron chi connectivity index (χ0n) is 8.24. The van der Waals surface area contributed by atoms with Crippen molar-refractivity contribution in [1.82, 2.24) is 9.97 Å². The summed E-state index contributed by atoms with van der Waals surface area (Å²) in [5, 5.41) is 8.63. The third-order valence-electron chi connectivity index (χ3n) is 2.11. The van der Waals surface area contributed by atoms with Crippen LogP contribution in [0.5, 0.6) is 0 Å². The number of aromatic nitrogens is 2. The fourth-order valence-corrected chi connectivity index (χ4v) is 2.46. The lowest BCUT2D eigenvalue weighted by atomic mass is 10.2. The Morgan fingerprint density at radius 1 is 1.56 bits per heavy atom. The lowest BCUT2D eigenvalue weighted by molar-refractivity contribution is -0.136. The molecule has 0 aliphatic carbocycles. The maximum Gasteiger partial charge on any atom is 0.303 e. The third kappa shape index (κ3) is 2.43. The molecule has 0 saturated carbocycles. The molecule has 0 spiro atoms. The Morgan fingerprint density at radius 2 is 2.38 bits per heavy atom. The van der Waals surface area contributed by atoms with E-state index in [2.05, 4.69) is 9.97 Å². The third-order valence-corrected chi connectivity index (χ3v) is 3.35. The SMILES string of the molecule is O=C(O)CCc1[nH]cnc1-c1ccc(Cl)s1. The van der Waals surface area contributed by atoms with Crippen molar-refractivity contribution in [3.63, 3.8) is 0 Å². The van der Waals surface area contributed by atoms with Gasteiger partial charge >= 0.3 is 5.97 Å². The Hall–Kier alpha value is -1.33. The summed E-state index contributed by atoms with van der Waals surface area (Å²) >= 11 is 7.27. The number of imidazole rings is 1. The Labute approximate surface area is 101 Å². The Balaban J connectivity index is 2.22. The van der Waals surface area contributed by atoms with Crippen molar-refractivity contribution in [2.75, 3.05) is 0 Å². The first kappa shape index (κ1) is 11.2. The number of nitrogens with one attached hydrogen (secondary N) is 1. The second-order valence-corrected chi connectivity index (χ2v) is 4.94. The van der Waals surface area contributed by atoms with Gasteiger partial charge in [-0.15, -0.1) is 11.3 Å². The van der Waals surface area contributed by atoms with Crippen molar-refractivity contribution >= 4 is 28.9 Å². The fraction of sp³-hybridized carbons (Fsp3) is 0.200. The quantitative estimate of drug-likeness (QED) is 0.884. The van der Waals surface area contributed by atoms with Crippen LogP contribution in [0.15, 0.2) is 18.5 Å². The zero-order chi connectivity index (χ0) is 11.5. The lowest BCUT2D eigenvalue weighted by Crippen LogP contribution is -1.98. The molecule has 2 heterocycles. The lowest BCUT2D eigenvalue weighted by Gasteiger charge is -1.98. The number of carboxylic acid groups (broad SMARTS) is 1. The van der Waals surface area contributed by atoms with Gasteiger partial charge in [-0.05, 0) is 12.1 Å². The van der Waals surface area contributed by atoms with E-state index in [9.17, 15) is 4.79 Å². The summed E-state index contributed by atoms with van der Waals surface area (Å²) in [5.41, 5.74) is 1.62. The highest BCUT2D eigenvalue weighted by Crippen LogP contribution is 2.31. The van der Waals surface area contributed by atoms with Gasteiger partial charge in [-0.25, -0.2) is 4.98 Å². The van der Waals surface area contributed by atoms with E-state index in [1.807, 2.05) is 6.07 Å². The molecular weight excluding hydrogens is 248 g/mol. The van der Waals surface area contributed by atoms with E-state index in [4.69, 9.17) is 16.7 Å². The van der Waals surface area contributed by atoms with E-state index in [1.54, 1.807) is 12.4 Å². The highest BCUT2D eigenvalue weighted by molar-refractivity contribution is 7.19. The fourth-order valence-electron chi connectivity index (χ4n) is 1.40. The number of carboxylic acids is 1. The normalized spacial score (nSPS) is 10.6. The average molecular weight is 257 g/mol. The molecule has 0 saturated heterocycles. The van der Waals surface area contributed by atoms with Gasteiger partial charge in [0.25, 0.3) is 0 Å².